The number of hydrogen-bond acceptors (Lipinski definition) is 2. The van der Waals surface area contributed by atoms with Crippen molar-refractivity contribution in [2.45, 2.75) is 37.8 Å². The van der Waals surface area contributed by atoms with Crippen LogP contribution in [0, 0.1) is 5.92 Å². The standard InChI is InChI=1S/C11H18N2O2/c14-11(12-7-8-2-1-3-8)13-4-5-15-10-6-9(10)13/h8-10H,1-7H2,(H,12,14). The number of ether oxygens (including phenoxy) is 1. The molecule has 0 spiro atoms. The van der Waals surface area contributed by atoms with Crippen molar-refractivity contribution in [2.75, 3.05) is 19.7 Å². The molecule has 1 N–H and O–H groups in total. The molecule has 3 aliphatic rings. The van der Waals surface area contributed by atoms with Gasteiger partial charge in [-0.05, 0) is 25.2 Å². The van der Waals surface area contributed by atoms with E-state index in [4.69, 9.17) is 4.74 Å². The molecule has 2 aliphatic carbocycles. The third-order valence-electron chi connectivity index (χ3n) is 3.79. The molecule has 0 aromatic rings. The topological polar surface area (TPSA) is 41.6 Å². The summed E-state index contributed by atoms with van der Waals surface area (Å²) in [4.78, 5) is 13.8. The fraction of sp³-hybridized carbons (Fsp3) is 0.909. The highest BCUT2D eigenvalue weighted by atomic mass is 16.5. The van der Waals surface area contributed by atoms with Gasteiger partial charge in [-0.25, -0.2) is 4.79 Å². The predicted octanol–water partition coefficient (Wildman–Crippen LogP) is 0.969. The van der Waals surface area contributed by atoms with E-state index in [1.54, 1.807) is 0 Å². The largest absolute Gasteiger partial charge is 0.374 e. The second-order valence-corrected chi connectivity index (χ2v) is 4.89. The van der Waals surface area contributed by atoms with Crippen LogP contribution in [-0.2, 0) is 4.74 Å². The van der Waals surface area contributed by atoms with Crippen molar-refractivity contribution in [1.29, 1.82) is 0 Å². The predicted molar refractivity (Wildman–Crippen MR) is 55.6 cm³/mol. The molecule has 1 heterocycles. The highest BCUT2D eigenvalue weighted by Gasteiger charge is 2.47. The molecule has 0 aromatic heterocycles. The van der Waals surface area contributed by atoms with Gasteiger partial charge in [0.15, 0.2) is 0 Å². The molecule has 3 rings (SSSR count). The van der Waals surface area contributed by atoms with E-state index in [2.05, 4.69) is 5.32 Å². The van der Waals surface area contributed by atoms with Gasteiger partial charge in [0.2, 0.25) is 0 Å². The number of carbonyl (C=O) groups excluding carboxylic acids is 1. The highest BCUT2D eigenvalue weighted by Crippen LogP contribution is 2.34. The minimum atomic E-state index is 0.123. The molecule has 2 saturated carbocycles. The summed E-state index contributed by atoms with van der Waals surface area (Å²) in [5.74, 6) is 0.741. The molecular weight excluding hydrogens is 192 g/mol. The van der Waals surface area contributed by atoms with E-state index in [9.17, 15) is 4.79 Å². The van der Waals surface area contributed by atoms with Crippen LogP contribution in [0.2, 0.25) is 0 Å². The molecule has 0 aromatic carbocycles. The first-order valence-corrected chi connectivity index (χ1v) is 6.00. The Morgan fingerprint density at radius 1 is 1.47 bits per heavy atom. The van der Waals surface area contributed by atoms with E-state index in [1.165, 1.54) is 19.3 Å². The number of rotatable bonds is 2. The number of carbonyl (C=O) groups is 1. The summed E-state index contributed by atoms with van der Waals surface area (Å²) < 4.78 is 5.47. The summed E-state index contributed by atoms with van der Waals surface area (Å²) in [6.45, 7) is 2.34. The maximum absolute atomic E-state index is 11.8. The second kappa shape index (κ2) is 3.67. The lowest BCUT2D eigenvalue weighted by atomic mass is 9.85. The molecule has 2 unspecified atom stereocenters. The van der Waals surface area contributed by atoms with E-state index in [0.717, 1.165) is 25.4 Å². The fourth-order valence-electron chi connectivity index (χ4n) is 2.42. The van der Waals surface area contributed by atoms with Crippen molar-refractivity contribution in [1.82, 2.24) is 10.2 Å². The van der Waals surface area contributed by atoms with Gasteiger partial charge in [0.1, 0.15) is 0 Å². The average molecular weight is 210 g/mol. The van der Waals surface area contributed by atoms with E-state index in [1.807, 2.05) is 4.90 Å². The van der Waals surface area contributed by atoms with Crippen molar-refractivity contribution in [3.05, 3.63) is 0 Å². The average Bonchev–Trinajstić information content (AvgIpc) is 2.92. The van der Waals surface area contributed by atoms with Gasteiger partial charge < -0.3 is 15.0 Å². The summed E-state index contributed by atoms with van der Waals surface area (Å²) >= 11 is 0. The van der Waals surface area contributed by atoms with Gasteiger partial charge >= 0.3 is 6.03 Å². The molecular formula is C11H18N2O2. The summed E-state index contributed by atoms with van der Waals surface area (Å²) in [5.41, 5.74) is 0. The van der Waals surface area contributed by atoms with Crippen LogP contribution in [0.1, 0.15) is 25.7 Å². The van der Waals surface area contributed by atoms with Crippen LogP contribution >= 0.6 is 0 Å². The van der Waals surface area contributed by atoms with Gasteiger partial charge in [-0.1, -0.05) is 6.42 Å². The molecule has 2 amide bonds. The summed E-state index contributed by atoms with van der Waals surface area (Å²) in [7, 11) is 0. The zero-order valence-corrected chi connectivity index (χ0v) is 8.95. The summed E-state index contributed by atoms with van der Waals surface area (Å²) in [5, 5.41) is 3.04. The maximum atomic E-state index is 11.8. The first-order chi connectivity index (χ1) is 7.34. The SMILES string of the molecule is O=C(NCC1CCC1)N1CCOC2CC21. The van der Waals surface area contributed by atoms with Crippen molar-refractivity contribution < 1.29 is 9.53 Å². The summed E-state index contributed by atoms with van der Waals surface area (Å²) in [6.07, 6.45) is 5.29. The first-order valence-electron chi connectivity index (χ1n) is 6.00. The van der Waals surface area contributed by atoms with Gasteiger partial charge in [-0.15, -0.1) is 0 Å². The van der Waals surface area contributed by atoms with Gasteiger partial charge in [0, 0.05) is 13.1 Å². The zero-order chi connectivity index (χ0) is 10.3. The third-order valence-corrected chi connectivity index (χ3v) is 3.79. The molecule has 0 radical (unpaired) electrons. The Balaban J connectivity index is 1.46. The van der Waals surface area contributed by atoms with Gasteiger partial charge in [0.05, 0.1) is 18.8 Å². The van der Waals surface area contributed by atoms with Gasteiger partial charge in [-0.3, -0.25) is 0 Å². The normalized spacial score (nSPS) is 34.3. The molecule has 4 nitrogen and oxygen atoms in total. The van der Waals surface area contributed by atoms with E-state index < -0.39 is 0 Å². The number of morpholine rings is 1. The van der Waals surface area contributed by atoms with Crippen LogP contribution in [-0.4, -0.2) is 42.8 Å². The molecule has 84 valence electrons. The van der Waals surface area contributed by atoms with Crippen LogP contribution in [0.25, 0.3) is 0 Å². The molecule has 2 atom stereocenters. The smallest absolute Gasteiger partial charge is 0.317 e. The van der Waals surface area contributed by atoms with Crippen LogP contribution in [0.15, 0.2) is 0 Å². The molecule has 15 heavy (non-hydrogen) atoms. The Bertz CT molecular complexity index is 265. The van der Waals surface area contributed by atoms with Gasteiger partial charge in [-0.2, -0.15) is 0 Å². The Hall–Kier alpha value is -0.770. The van der Waals surface area contributed by atoms with Gasteiger partial charge in [0.25, 0.3) is 0 Å². The van der Waals surface area contributed by atoms with E-state index >= 15 is 0 Å². The van der Waals surface area contributed by atoms with Crippen LogP contribution < -0.4 is 5.32 Å². The zero-order valence-electron chi connectivity index (χ0n) is 8.95. The number of urea groups is 1. The molecule has 1 aliphatic heterocycles. The Morgan fingerprint density at radius 3 is 3.07 bits per heavy atom. The number of nitrogens with one attached hydrogen (secondary N) is 1. The number of amides is 2. The monoisotopic (exact) mass is 210 g/mol. The first kappa shape index (κ1) is 9.46. The lowest BCUT2D eigenvalue weighted by molar-refractivity contribution is 0.0451. The Morgan fingerprint density at radius 2 is 2.33 bits per heavy atom. The van der Waals surface area contributed by atoms with E-state index in [-0.39, 0.29) is 6.03 Å². The minimum Gasteiger partial charge on any atom is -0.374 e. The number of hydrogen-bond donors (Lipinski definition) is 1. The minimum absolute atomic E-state index is 0.123. The number of nitrogens with zero attached hydrogens (tertiary/aromatic N) is 1. The molecule has 4 heteroatoms. The molecule has 3 fully saturated rings. The fourth-order valence-corrected chi connectivity index (χ4v) is 2.42. The van der Waals surface area contributed by atoms with Crippen molar-refractivity contribution >= 4 is 6.03 Å². The second-order valence-electron chi connectivity index (χ2n) is 4.89. The van der Waals surface area contributed by atoms with Crippen LogP contribution in [0.3, 0.4) is 0 Å². The quantitative estimate of drug-likeness (QED) is 0.738. The summed E-state index contributed by atoms with van der Waals surface area (Å²) in [6, 6.07) is 0.498. The Kier molecular flexibility index (Phi) is 2.31. The maximum Gasteiger partial charge on any atom is 0.317 e. The molecule has 1 saturated heterocycles. The van der Waals surface area contributed by atoms with Crippen LogP contribution in [0.5, 0.6) is 0 Å². The van der Waals surface area contributed by atoms with Crippen LogP contribution in [0.4, 0.5) is 4.79 Å². The van der Waals surface area contributed by atoms with Crippen molar-refractivity contribution in [3.8, 4) is 0 Å². The lowest BCUT2D eigenvalue weighted by Crippen LogP contribution is -2.48. The molecule has 0 bridgehead atoms. The van der Waals surface area contributed by atoms with Crippen molar-refractivity contribution in [2.24, 2.45) is 5.92 Å². The lowest BCUT2D eigenvalue weighted by Gasteiger charge is -2.30. The van der Waals surface area contributed by atoms with Crippen molar-refractivity contribution in [3.63, 3.8) is 0 Å². The number of fused-ring (bicyclic) bond motifs is 1. The highest BCUT2D eigenvalue weighted by molar-refractivity contribution is 5.75. The van der Waals surface area contributed by atoms with E-state index in [0.29, 0.717) is 18.8 Å². The Labute approximate surface area is 90.0 Å². The third kappa shape index (κ3) is 1.83.